The van der Waals surface area contributed by atoms with E-state index in [-0.39, 0.29) is 18.9 Å². The molecular weight excluding hydrogens is 489 g/mol. The van der Waals surface area contributed by atoms with Crippen LogP contribution in [0.15, 0.2) is 64.9 Å². The van der Waals surface area contributed by atoms with Crippen molar-refractivity contribution in [1.82, 2.24) is 9.71 Å². The fraction of sp³-hybridized carbons (Fsp3) is 0.304. The van der Waals surface area contributed by atoms with Crippen molar-refractivity contribution < 1.29 is 31.1 Å². The monoisotopic (exact) mass is 512 g/mol. The third-order valence-corrected chi connectivity index (χ3v) is 7.11. The summed E-state index contributed by atoms with van der Waals surface area (Å²) < 4.78 is 72.0. The lowest BCUT2D eigenvalue weighted by atomic mass is 10.1. The number of aromatic nitrogens is 1. The van der Waals surface area contributed by atoms with Gasteiger partial charge in [-0.1, -0.05) is 50.2 Å². The third kappa shape index (κ3) is 6.87. The second kappa shape index (κ2) is 10.7. The van der Waals surface area contributed by atoms with Gasteiger partial charge in [0.2, 0.25) is 10.0 Å². The Hall–Kier alpha value is -2.76. The number of thiazole rings is 1. The van der Waals surface area contributed by atoms with Gasteiger partial charge in [0.25, 0.3) is 0 Å². The maximum absolute atomic E-state index is 13.0. The molecule has 0 bridgehead atoms. The number of halogens is 3. The van der Waals surface area contributed by atoms with Gasteiger partial charge in [0.1, 0.15) is 17.7 Å². The van der Waals surface area contributed by atoms with Crippen LogP contribution >= 0.6 is 11.3 Å². The third-order valence-electron chi connectivity index (χ3n) is 4.70. The molecule has 1 atom stereocenters. The summed E-state index contributed by atoms with van der Waals surface area (Å²) in [6, 6.07) is 11.5. The number of sulfonamides is 1. The average Bonchev–Trinajstić information content (AvgIpc) is 3.26. The fourth-order valence-electron chi connectivity index (χ4n) is 3.09. The molecule has 11 heteroatoms. The number of carbonyl (C=O) groups is 1. The smallest absolute Gasteiger partial charge is 0.416 e. The van der Waals surface area contributed by atoms with Crippen LogP contribution in [0.25, 0.3) is 10.6 Å². The largest absolute Gasteiger partial charge is 0.458 e. The fourth-order valence-corrected chi connectivity index (χ4v) is 5.14. The molecule has 1 heterocycles. The van der Waals surface area contributed by atoms with Crippen LogP contribution in [0, 0.1) is 5.92 Å². The van der Waals surface area contributed by atoms with Gasteiger partial charge in [0, 0.05) is 10.9 Å². The number of ether oxygens (including phenoxy) is 1. The predicted octanol–water partition coefficient (Wildman–Crippen LogP) is 5.27. The Morgan fingerprint density at radius 2 is 1.82 bits per heavy atom. The zero-order valence-corrected chi connectivity index (χ0v) is 20.0. The number of carbonyl (C=O) groups excluding carboxylic acids is 1. The lowest BCUT2D eigenvalue weighted by Crippen LogP contribution is -2.42. The Labute approximate surface area is 199 Å². The van der Waals surface area contributed by atoms with E-state index in [0.29, 0.717) is 11.8 Å². The predicted molar refractivity (Wildman–Crippen MR) is 122 cm³/mol. The van der Waals surface area contributed by atoms with E-state index in [0.717, 1.165) is 28.8 Å². The summed E-state index contributed by atoms with van der Waals surface area (Å²) in [5.41, 5.74) is 0.314. The van der Waals surface area contributed by atoms with Crippen molar-refractivity contribution in [3.63, 3.8) is 0 Å². The second-order valence-electron chi connectivity index (χ2n) is 7.95. The lowest BCUT2D eigenvalue weighted by Gasteiger charge is -2.19. The molecule has 34 heavy (non-hydrogen) atoms. The highest BCUT2D eigenvalue weighted by Gasteiger charge is 2.33. The molecule has 2 aromatic carbocycles. The Bertz CT molecular complexity index is 1230. The van der Waals surface area contributed by atoms with E-state index >= 15 is 0 Å². The maximum Gasteiger partial charge on any atom is 0.416 e. The van der Waals surface area contributed by atoms with Gasteiger partial charge in [-0.2, -0.15) is 17.9 Å². The van der Waals surface area contributed by atoms with E-state index in [2.05, 4.69) is 9.71 Å². The first-order valence-electron chi connectivity index (χ1n) is 10.3. The first kappa shape index (κ1) is 25.9. The molecule has 0 fully saturated rings. The minimum Gasteiger partial charge on any atom is -0.458 e. The van der Waals surface area contributed by atoms with Crippen molar-refractivity contribution in [2.75, 3.05) is 0 Å². The highest BCUT2D eigenvalue weighted by atomic mass is 32.2. The number of esters is 1. The van der Waals surface area contributed by atoms with Crippen molar-refractivity contribution in [1.29, 1.82) is 0 Å². The summed E-state index contributed by atoms with van der Waals surface area (Å²) >= 11 is 1.38. The number of benzene rings is 2. The van der Waals surface area contributed by atoms with Crippen LogP contribution in [0.3, 0.4) is 0 Å². The molecule has 0 spiro atoms. The van der Waals surface area contributed by atoms with Gasteiger partial charge < -0.3 is 4.74 Å². The standard InChI is InChI=1S/C23H23F3N2O4S2/c1-15(2)11-20(28-34(30,31)19-10-6-9-17(12-19)23(24,25)26)22(29)32-13-18-14-33-21(27-18)16-7-4-3-5-8-16/h3-10,12,14-15,20,28H,11,13H2,1-2H3/t20-/m0/s1. The highest BCUT2D eigenvalue weighted by molar-refractivity contribution is 7.89. The van der Waals surface area contributed by atoms with E-state index in [9.17, 15) is 26.4 Å². The van der Waals surface area contributed by atoms with Crippen LogP contribution in [-0.2, 0) is 32.3 Å². The van der Waals surface area contributed by atoms with Gasteiger partial charge in [0.15, 0.2) is 0 Å². The summed E-state index contributed by atoms with van der Waals surface area (Å²) in [5, 5.41) is 2.48. The molecule has 0 aliphatic heterocycles. The lowest BCUT2D eigenvalue weighted by molar-refractivity contribution is -0.147. The summed E-state index contributed by atoms with van der Waals surface area (Å²) in [5.74, 6) is -0.927. The van der Waals surface area contributed by atoms with Crippen LogP contribution in [0.2, 0.25) is 0 Å². The van der Waals surface area contributed by atoms with Crippen molar-refractivity contribution in [2.45, 2.75) is 44.0 Å². The molecule has 1 aromatic heterocycles. The van der Waals surface area contributed by atoms with E-state index in [4.69, 9.17) is 4.74 Å². The molecule has 0 aliphatic rings. The van der Waals surface area contributed by atoms with Crippen LogP contribution in [0.4, 0.5) is 13.2 Å². The molecule has 3 aromatic rings. The van der Waals surface area contributed by atoms with E-state index in [1.165, 1.54) is 11.3 Å². The minimum atomic E-state index is -4.70. The van der Waals surface area contributed by atoms with E-state index in [1.807, 2.05) is 30.3 Å². The zero-order chi connectivity index (χ0) is 24.9. The van der Waals surface area contributed by atoms with Gasteiger partial charge in [-0.05, 0) is 30.5 Å². The quantitative estimate of drug-likeness (QED) is 0.395. The SMILES string of the molecule is CC(C)C[C@H](NS(=O)(=O)c1cccc(C(F)(F)F)c1)C(=O)OCc1csc(-c2ccccc2)n1. The molecule has 0 saturated carbocycles. The Balaban J connectivity index is 1.72. The Morgan fingerprint density at radius 3 is 2.47 bits per heavy atom. The molecule has 6 nitrogen and oxygen atoms in total. The van der Waals surface area contributed by atoms with Gasteiger partial charge in [-0.25, -0.2) is 13.4 Å². The molecule has 182 valence electrons. The van der Waals surface area contributed by atoms with Crippen molar-refractivity contribution in [3.8, 4) is 10.6 Å². The van der Waals surface area contributed by atoms with Crippen LogP contribution in [0.1, 0.15) is 31.5 Å². The highest BCUT2D eigenvalue weighted by Crippen LogP contribution is 2.30. The number of nitrogens with zero attached hydrogens (tertiary/aromatic N) is 1. The summed E-state index contributed by atoms with van der Waals surface area (Å²) in [6.07, 6.45) is -4.60. The number of rotatable bonds is 9. The summed E-state index contributed by atoms with van der Waals surface area (Å²) in [7, 11) is -4.41. The van der Waals surface area contributed by atoms with E-state index in [1.54, 1.807) is 19.2 Å². The molecular formula is C23H23F3N2O4S2. The van der Waals surface area contributed by atoms with Crippen molar-refractivity contribution >= 4 is 27.3 Å². The first-order chi connectivity index (χ1) is 16.0. The average molecular weight is 513 g/mol. The Morgan fingerprint density at radius 1 is 1.12 bits per heavy atom. The van der Waals surface area contributed by atoms with Crippen LogP contribution in [0.5, 0.6) is 0 Å². The molecule has 0 radical (unpaired) electrons. The molecule has 0 saturated heterocycles. The minimum absolute atomic E-state index is 0.0919. The molecule has 1 N–H and O–H groups in total. The molecule has 0 unspecified atom stereocenters. The number of hydrogen-bond donors (Lipinski definition) is 1. The van der Waals surface area contributed by atoms with Crippen LogP contribution < -0.4 is 4.72 Å². The number of hydrogen-bond acceptors (Lipinski definition) is 6. The van der Waals surface area contributed by atoms with E-state index < -0.39 is 38.7 Å². The van der Waals surface area contributed by atoms with Gasteiger partial charge in [-0.15, -0.1) is 11.3 Å². The van der Waals surface area contributed by atoms with Crippen molar-refractivity contribution in [2.24, 2.45) is 5.92 Å². The summed E-state index contributed by atoms with van der Waals surface area (Å²) in [6.45, 7) is 3.40. The number of alkyl halides is 3. The van der Waals surface area contributed by atoms with Crippen LogP contribution in [-0.4, -0.2) is 25.4 Å². The number of nitrogens with one attached hydrogen (secondary N) is 1. The maximum atomic E-state index is 13.0. The normalized spacial score (nSPS) is 13.1. The molecule has 0 aliphatic carbocycles. The van der Waals surface area contributed by atoms with Gasteiger partial charge in [0.05, 0.1) is 16.2 Å². The summed E-state index contributed by atoms with van der Waals surface area (Å²) in [4.78, 5) is 16.5. The molecule has 0 amide bonds. The Kier molecular flexibility index (Phi) is 8.11. The van der Waals surface area contributed by atoms with Crippen molar-refractivity contribution in [3.05, 3.63) is 71.2 Å². The van der Waals surface area contributed by atoms with Gasteiger partial charge >= 0.3 is 12.1 Å². The zero-order valence-electron chi connectivity index (χ0n) is 18.4. The van der Waals surface area contributed by atoms with Gasteiger partial charge in [-0.3, -0.25) is 4.79 Å². The second-order valence-corrected chi connectivity index (χ2v) is 10.5. The molecule has 3 rings (SSSR count). The first-order valence-corrected chi connectivity index (χ1v) is 12.7. The topological polar surface area (TPSA) is 85.4 Å².